The number of piperidine rings is 1. The van der Waals surface area contributed by atoms with Crippen molar-refractivity contribution in [3.63, 3.8) is 0 Å². The molecule has 0 radical (unpaired) electrons. The molecule has 5 heterocycles. The Labute approximate surface area is 273 Å². The van der Waals surface area contributed by atoms with Crippen molar-refractivity contribution in [1.82, 2.24) is 24.6 Å². The largest absolute Gasteiger partial charge is 0.494 e. The van der Waals surface area contributed by atoms with Crippen LogP contribution in [0.25, 0.3) is 11.1 Å². The third-order valence-corrected chi connectivity index (χ3v) is 9.55. The molecule has 2 aromatic heterocycles. The van der Waals surface area contributed by atoms with Crippen molar-refractivity contribution in [2.24, 2.45) is 7.05 Å². The van der Waals surface area contributed by atoms with Crippen molar-refractivity contribution < 1.29 is 23.1 Å². The van der Waals surface area contributed by atoms with Crippen LogP contribution in [0.15, 0.2) is 55.1 Å². The maximum Gasteiger partial charge on any atom is 0.164 e. The Balaban J connectivity index is 1.15. The average Bonchev–Trinajstić information content (AvgIpc) is 3.88. The van der Waals surface area contributed by atoms with Crippen molar-refractivity contribution in [3.8, 4) is 16.9 Å². The van der Waals surface area contributed by atoms with Crippen LogP contribution in [0.3, 0.4) is 0 Å². The zero-order valence-corrected chi connectivity index (χ0v) is 26.9. The molecule has 0 bridgehead atoms. The van der Waals surface area contributed by atoms with E-state index in [2.05, 4.69) is 42.3 Å². The lowest BCUT2D eigenvalue weighted by Gasteiger charge is -2.38. The lowest BCUT2D eigenvalue weighted by Crippen LogP contribution is -2.44. The van der Waals surface area contributed by atoms with E-state index in [1.54, 1.807) is 31.0 Å². The Kier molecular flexibility index (Phi) is 8.93. The van der Waals surface area contributed by atoms with Crippen LogP contribution in [0, 0.1) is 11.6 Å². The summed E-state index contributed by atoms with van der Waals surface area (Å²) < 4.78 is 42.1. The number of methoxy groups -OCH3 is 2. The van der Waals surface area contributed by atoms with Gasteiger partial charge in [-0.05, 0) is 31.4 Å². The molecule has 0 spiro atoms. The van der Waals surface area contributed by atoms with Gasteiger partial charge in [0.05, 0.1) is 37.7 Å². The van der Waals surface area contributed by atoms with Gasteiger partial charge in [0.1, 0.15) is 17.9 Å². The number of hydrogen-bond donors (Lipinski definition) is 1. The molecule has 3 fully saturated rings. The number of aromatic nitrogens is 4. The molecule has 0 amide bonds. The summed E-state index contributed by atoms with van der Waals surface area (Å²) in [5.74, 6) is -0.194. The summed E-state index contributed by atoms with van der Waals surface area (Å²) in [7, 11) is 5.37. The maximum absolute atomic E-state index is 14.7. The number of nitrogens with zero attached hydrogens (tertiary/aromatic N) is 7. The second-order valence-corrected chi connectivity index (χ2v) is 12.3. The minimum atomic E-state index is -0.893. The topological polar surface area (TPSA) is 93.0 Å². The monoisotopic (exact) mass is 646 g/mol. The summed E-state index contributed by atoms with van der Waals surface area (Å²) in [4.78, 5) is 19.7. The molecule has 4 aromatic rings. The fourth-order valence-corrected chi connectivity index (χ4v) is 7.07. The van der Waals surface area contributed by atoms with Crippen LogP contribution in [-0.4, -0.2) is 83.8 Å². The summed E-state index contributed by atoms with van der Waals surface area (Å²) in [5.41, 5.74) is 4.04. The van der Waals surface area contributed by atoms with Crippen LogP contribution >= 0.6 is 0 Å². The first-order chi connectivity index (χ1) is 22.9. The highest BCUT2D eigenvalue weighted by Gasteiger charge is 2.33. The molecule has 3 aliphatic rings. The van der Waals surface area contributed by atoms with Gasteiger partial charge in [-0.2, -0.15) is 5.10 Å². The molecular weight excluding hydrogens is 606 g/mol. The number of likely N-dealkylation sites (tertiary alicyclic amines) is 1. The van der Waals surface area contributed by atoms with E-state index in [9.17, 15) is 8.78 Å². The summed E-state index contributed by atoms with van der Waals surface area (Å²) in [6.07, 6.45) is 9.37. The minimum Gasteiger partial charge on any atom is -0.494 e. The molecule has 2 aromatic carbocycles. The average molecular weight is 647 g/mol. The molecular formula is C34H40F2N8O3. The fourth-order valence-electron chi connectivity index (χ4n) is 7.07. The summed E-state index contributed by atoms with van der Waals surface area (Å²) >= 11 is 0. The first kappa shape index (κ1) is 31.3. The molecule has 3 saturated heterocycles. The van der Waals surface area contributed by atoms with Crippen LogP contribution in [0.5, 0.6) is 5.75 Å². The number of hydroxylamine groups is 1. The van der Waals surface area contributed by atoms with Gasteiger partial charge in [0, 0.05) is 93.5 Å². The Hall–Kier alpha value is -4.33. The van der Waals surface area contributed by atoms with Crippen LogP contribution < -0.4 is 20.0 Å². The molecule has 248 valence electrons. The van der Waals surface area contributed by atoms with Gasteiger partial charge in [0.25, 0.3) is 0 Å². The zero-order valence-electron chi connectivity index (χ0n) is 26.9. The molecule has 47 heavy (non-hydrogen) atoms. The second kappa shape index (κ2) is 13.4. The van der Waals surface area contributed by atoms with Gasteiger partial charge in [0.15, 0.2) is 17.5 Å². The number of hydrogen-bond acceptors (Lipinski definition) is 10. The highest BCUT2D eigenvalue weighted by molar-refractivity contribution is 5.85. The van der Waals surface area contributed by atoms with Gasteiger partial charge in [0.2, 0.25) is 0 Å². The van der Waals surface area contributed by atoms with E-state index in [4.69, 9.17) is 14.3 Å². The Morgan fingerprint density at radius 2 is 1.85 bits per heavy atom. The molecule has 13 heteroatoms. The second-order valence-electron chi connectivity index (χ2n) is 12.3. The van der Waals surface area contributed by atoms with Gasteiger partial charge in [-0.1, -0.05) is 12.1 Å². The van der Waals surface area contributed by atoms with Crippen molar-refractivity contribution in [3.05, 3.63) is 72.3 Å². The number of rotatable bonds is 9. The van der Waals surface area contributed by atoms with Crippen molar-refractivity contribution in [1.29, 1.82) is 0 Å². The van der Waals surface area contributed by atoms with Gasteiger partial charge in [-0.25, -0.2) is 23.8 Å². The fraction of sp³-hybridized carbons (Fsp3) is 0.441. The van der Waals surface area contributed by atoms with Crippen molar-refractivity contribution in [2.45, 2.75) is 43.9 Å². The number of ether oxygens (including phenoxy) is 2. The normalized spacial score (nSPS) is 20.7. The van der Waals surface area contributed by atoms with Crippen LogP contribution in [-0.2, 0) is 16.6 Å². The maximum atomic E-state index is 14.7. The lowest BCUT2D eigenvalue weighted by atomic mass is 9.99. The smallest absolute Gasteiger partial charge is 0.164 e. The van der Waals surface area contributed by atoms with Crippen LogP contribution in [0.4, 0.5) is 31.8 Å². The van der Waals surface area contributed by atoms with E-state index in [-0.39, 0.29) is 5.56 Å². The standard InChI is InChI=1S/C34H40F2N8O3/c1-41-19-22(18-39-41)26-15-28(31(46-3)16-30(26)42-11-7-23(8-12-42)43-13-9-24(20-43)45-2)40-32-17-33(38-21-37-32)44-29(10-14-47-44)25-5-4-6-27(35)34(25)36/h4-6,15-19,21,23-24,29H,7-14,20H2,1-3H3,(H,37,38,40)/t24-,29+/m0/s1. The van der Waals surface area contributed by atoms with E-state index >= 15 is 0 Å². The van der Waals surface area contributed by atoms with Gasteiger partial charge in [-0.3, -0.25) is 14.4 Å². The SMILES string of the molecule is COc1cc(N2CCC(N3CC[C@H](OC)C3)CC2)c(-c2cnn(C)c2)cc1Nc1cc(N2OCC[C@@H]2c2cccc(F)c2F)ncn1. The van der Waals surface area contributed by atoms with Crippen LogP contribution in [0.1, 0.15) is 37.3 Å². The Bertz CT molecular complexity index is 1710. The number of anilines is 4. The summed E-state index contributed by atoms with van der Waals surface area (Å²) in [6.45, 7) is 4.31. The molecule has 11 nitrogen and oxygen atoms in total. The first-order valence-electron chi connectivity index (χ1n) is 16.1. The van der Waals surface area contributed by atoms with E-state index < -0.39 is 17.7 Å². The Morgan fingerprint density at radius 3 is 2.60 bits per heavy atom. The Morgan fingerprint density at radius 1 is 1.00 bits per heavy atom. The molecule has 3 aliphatic heterocycles. The van der Waals surface area contributed by atoms with E-state index in [0.717, 1.165) is 68.3 Å². The van der Waals surface area contributed by atoms with Gasteiger partial charge >= 0.3 is 0 Å². The number of benzene rings is 2. The van der Waals surface area contributed by atoms with Crippen molar-refractivity contribution in [2.75, 3.05) is 62.3 Å². The van der Waals surface area contributed by atoms with E-state index in [1.807, 2.05) is 19.4 Å². The zero-order chi connectivity index (χ0) is 32.5. The highest BCUT2D eigenvalue weighted by atomic mass is 19.2. The molecule has 0 saturated carbocycles. The van der Waals surface area contributed by atoms with Crippen LogP contribution in [0.2, 0.25) is 0 Å². The third kappa shape index (κ3) is 6.34. The molecule has 0 unspecified atom stereocenters. The lowest BCUT2D eigenvalue weighted by molar-refractivity contribution is 0.0975. The molecule has 2 atom stereocenters. The molecule has 0 aliphatic carbocycles. The number of nitrogens with one attached hydrogen (secondary N) is 1. The first-order valence-corrected chi connectivity index (χ1v) is 16.1. The number of halogens is 2. The number of aryl methyl sites for hydroxylation is 1. The summed E-state index contributed by atoms with van der Waals surface area (Å²) in [5, 5.41) is 9.38. The summed E-state index contributed by atoms with van der Waals surface area (Å²) in [6, 6.07) is 10.1. The van der Waals surface area contributed by atoms with E-state index in [1.165, 1.54) is 17.5 Å². The van der Waals surface area contributed by atoms with Gasteiger partial charge in [-0.15, -0.1) is 0 Å². The highest BCUT2D eigenvalue weighted by Crippen LogP contribution is 2.42. The quantitative estimate of drug-likeness (QED) is 0.252. The predicted molar refractivity (Wildman–Crippen MR) is 175 cm³/mol. The van der Waals surface area contributed by atoms with Gasteiger partial charge < -0.3 is 19.7 Å². The third-order valence-electron chi connectivity index (χ3n) is 9.55. The van der Waals surface area contributed by atoms with Crippen molar-refractivity contribution >= 4 is 23.0 Å². The van der Waals surface area contributed by atoms with E-state index in [0.29, 0.717) is 48.2 Å². The molecule has 7 rings (SSSR count). The predicted octanol–water partition coefficient (Wildman–Crippen LogP) is 5.48. The molecule has 1 N–H and O–H groups in total. The minimum absolute atomic E-state index is 0.220.